The zero-order valence-corrected chi connectivity index (χ0v) is 17.3. The minimum absolute atomic E-state index is 0.158. The number of nitrogens with one attached hydrogen (secondary N) is 1. The van der Waals surface area contributed by atoms with Crippen molar-refractivity contribution < 1.29 is 9.53 Å². The SMILES string of the molecule is CN1CCC(c2nccnc2Oc2ccc(C(=O)c3nc4ccccc4[nH]3)cc2)CC1. The fraction of sp³-hybridized carbons (Fsp3) is 0.250. The van der Waals surface area contributed by atoms with Crippen molar-refractivity contribution in [2.75, 3.05) is 20.1 Å². The van der Waals surface area contributed by atoms with Crippen molar-refractivity contribution in [2.24, 2.45) is 0 Å². The Balaban J connectivity index is 1.33. The number of benzene rings is 2. The Labute approximate surface area is 180 Å². The van der Waals surface area contributed by atoms with E-state index in [-0.39, 0.29) is 5.78 Å². The quantitative estimate of drug-likeness (QED) is 0.494. The number of aromatic amines is 1. The van der Waals surface area contributed by atoms with E-state index in [1.54, 1.807) is 36.7 Å². The van der Waals surface area contributed by atoms with Crippen LogP contribution < -0.4 is 4.74 Å². The summed E-state index contributed by atoms with van der Waals surface area (Å²) >= 11 is 0. The lowest BCUT2D eigenvalue weighted by Gasteiger charge is -2.28. The van der Waals surface area contributed by atoms with Crippen molar-refractivity contribution >= 4 is 16.8 Å². The van der Waals surface area contributed by atoms with Gasteiger partial charge in [-0.3, -0.25) is 9.78 Å². The van der Waals surface area contributed by atoms with Gasteiger partial charge in [0.25, 0.3) is 0 Å². The zero-order chi connectivity index (χ0) is 21.2. The zero-order valence-electron chi connectivity index (χ0n) is 17.3. The summed E-state index contributed by atoms with van der Waals surface area (Å²) in [6.45, 7) is 2.08. The normalized spacial score (nSPS) is 15.3. The fourth-order valence-electron chi connectivity index (χ4n) is 3.96. The number of H-pyrrole nitrogens is 1. The number of ketones is 1. The summed E-state index contributed by atoms with van der Waals surface area (Å²) in [5.74, 6) is 1.67. The standard InChI is InChI=1S/C24H23N5O2/c1-29-14-10-16(11-15-29)21-24(26-13-12-25-21)31-18-8-6-17(7-9-18)22(30)23-27-19-4-2-3-5-20(19)28-23/h2-9,12-13,16H,10-11,14-15H2,1H3,(H,27,28). The Morgan fingerprint density at radius 3 is 2.55 bits per heavy atom. The molecule has 4 aromatic rings. The second kappa shape index (κ2) is 8.28. The summed E-state index contributed by atoms with van der Waals surface area (Å²) in [4.78, 5) is 31.6. The minimum atomic E-state index is -0.158. The highest BCUT2D eigenvalue weighted by Crippen LogP contribution is 2.33. The van der Waals surface area contributed by atoms with Crippen LogP contribution in [0.1, 0.15) is 40.6 Å². The number of piperidine rings is 1. The maximum absolute atomic E-state index is 12.8. The van der Waals surface area contributed by atoms with Gasteiger partial charge in [-0.25, -0.2) is 9.97 Å². The molecule has 0 amide bonds. The molecule has 2 aromatic heterocycles. The van der Waals surface area contributed by atoms with Crippen LogP contribution in [0.3, 0.4) is 0 Å². The highest BCUT2D eigenvalue weighted by molar-refractivity contribution is 6.08. The van der Waals surface area contributed by atoms with Crippen molar-refractivity contribution in [2.45, 2.75) is 18.8 Å². The van der Waals surface area contributed by atoms with Crippen LogP contribution >= 0.6 is 0 Å². The van der Waals surface area contributed by atoms with E-state index in [2.05, 4.69) is 31.9 Å². The predicted molar refractivity (Wildman–Crippen MR) is 118 cm³/mol. The molecule has 0 spiro atoms. The minimum Gasteiger partial charge on any atom is -0.437 e. The number of aromatic nitrogens is 4. The third kappa shape index (κ3) is 4.04. The van der Waals surface area contributed by atoms with E-state index in [0.29, 0.717) is 28.9 Å². The van der Waals surface area contributed by atoms with E-state index in [1.807, 2.05) is 24.3 Å². The summed E-state index contributed by atoms with van der Waals surface area (Å²) in [6.07, 6.45) is 5.44. The molecule has 156 valence electrons. The molecule has 0 unspecified atom stereocenters. The molecule has 3 heterocycles. The maximum atomic E-state index is 12.8. The number of nitrogens with zero attached hydrogens (tertiary/aromatic N) is 4. The van der Waals surface area contributed by atoms with E-state index >= 15 is 0 Å². The molecule has 7 heteroatoms. The van der Waals surface area contributed by atoms with Gasteiger partial charge in [0.15, 0.2) is 5.82 Å². The van der Waals surface area contributed by atoms with Crippen LogP contribution in [-0.2, 0) is 0 Å². The van der Waals surface area contributed by atoms with Crippen LogP contribution in [0.15, 0.2) is 60.9 Å². The lowest BCUT2D eigenvalue weighted by molar-refractivity contribution is 0.103. The van der Waals surface area contributed by atoms with Crippen molar-refractivity contribution in [3.8, 4) is 11.6 Å². The Morgan fingerprint density at radius 1 is 1.03 bits per heavy atom. The molecule has 7 nitrogen and oxygen atoms in total. The van der Waals surface area contributed by atoms with Crippen LogP contribution in [0, 0.1) is 0 Å². The van der Waals surface area contributed by atoms with Gasteiger partial charge in [0.05, 0.1) is 11.0 Å². The molecule has 1 aliphatic rings. The largest absolute Gasteiger partial charge is 0.437 e. The molecule has 0 atom stereocenters. The Kier molecular flexibility index (Phi) is 5.18. The summed E-state index contributed by atoms with van der Waals surface area (Å²) in [6, 6.07) is 14.6. The number of hydrogen-bond acceptors (Lipinski definition) is 6. The van der Waals surface area contributed by atoms with Crippen LogP contribution in [0.25, 0.3) is 11.0 Å². The molecule has 1 aliphatic heterocycles. The molecular weight excluding hydrogens is 390 g/mol. The Hall–Kier alpha value is -3.58. The van der Waals surface area contributed by atoms with Crippen molar-refractivity contribution in [3.05, 3.63) is 78.0 Å². The van der Waals surface area contributed by atoms with Crippen molar-refractivity contribution in [1.82, 2.24) is 24.8 Å². The average molecular weight is 413 g/mol. The first kappa shape index (κ1) is 19.4. The summed E-state index contributed by atoms with van der Waals surface area (Å²) in [5, 5.41) is 0. The smallest absolute Gasteiger partial charge is 0.241 e. The lowest BCUT2D eigenvalue weighted by atomic mass is 9.94. The van der Waals surface area contributed by atoms with E-state index in [4.69, 9.17) is 4.74 Å². The average Bonchev–Trinajstić information content (AvgIpc) is 3.25. The Morgan fingerprint density at radius 2 is 1.77 bits per heavy atom. The molecule has 1 saturated heterocycles. The Bertz CT molecular complexity index is 1180. The molecule has 0 bridgehead atoms. The molecule has 31 heavy (non-hydrogen) atoms. The molecule has 1 fully saturated rings. The molecule has 1 N–H and O–H groups in total. The first-order valence-electron chi connectivity index (χ1n) is 10.4. The van der Waals surface area contributed by atoms with Crippen LogP contribution in [0.5, 0.6) is 11.6 Å². The number of likely N-dealkylation sites (tertiary alicyclic amines) is 1. The maximum Gasteiger partial charge on any atom is 0.241 e. The first-order chi connectivity index (χ1) is 15.2. The number of hydrogen-bond donors (Lipinski definition) is 1. The highest BCUT2D eigenvalue weighted by Gasteiger charge is 2.24. The van der Waals surface area contributed by atoms with E-state index < -0.39 is 0 Å². The van der Waals surface area contributed by atoms with Gasteiger partial charge in [-0.05, 0) is 69.4 Å². The molecule has 0 saturated carbocycles. The van der Waals surface area contributed by atoms with Gasteiger partial charge in [0.2, 0.25) is 11.7 Å². The van der Waals surface area contributed by atoms with Crippen molar-refractivity contribution in [1.29, 1.82) is 0 Å². The fourth-order valence-corrected chi connectivity index (χ4v) is 3.96. The first-order valence-corrected chi connectivity index (χ1v) is 10.4. The van der Waals surface area contributed by atoms with Crippen LogP contribution in [-0.4, -0.2) is 50.8 Å². The second-order valence-electron chi connectivity index (χ2n) is 7.88. The van der Waals surface area contributed by atoms with Crippen LogP contribution in [0.4, 0.5) is 0 Å². The van der Waals surface area contributed by atoms with Gasteiger partial charge in [-0.1, -0.05) is 12.1 Å². The summed E-state index contributed by atoms with van der Waals surface area (Å²) in [5.41, 5.74) is 3.06. The summed E-state index contributed by atoms with van der Waals surface area (Å²) < 4.78 is 6.06. The number of imidazole rings is 1. The van der Waals surface area contributed by atoms with Gasteiger partial charge < -0.3 is 14.6 Å². The number of carbonyl (C=O) groups is 1. The van der Waals surface area contributed by atoms with Gasteiger partial charge in [0.1, 0.15) is 11.4 Å². The van der Waals surface area contributed by atoms with Gasteiger partial charge in [0, 0.05) is 23.9 Å². The van der Waals surface area contributed by atoms with Gasteiger partial charge >= 0.3 is 0 Å². The van der Waals surface area contributed by atoms with Crippen molar-refractivity contribution in [3.63, 3.8) is 0 Å². The van der Waals surface area contributed by atoms with E-state index in [0.717, 1.165) is 42.7 Å². The van der Waals surface area contributed by atoms with Gasteiger partial charge in [-0.2, -0.15) is 0 Å². The summed E-state index contributed by atoms with van der Waals surface area (Å²) in [7, 11) is 2.14. The van der Waals surface area contributed by atoms with Gasteiger partial charge in [-0.15, -0.1) is 0 Å². The number of ether oxygens (including phenoxy) is 1. The monoisotopic (exact) mass is 413 g/mol. The number of fused-ring (bicyclic) bond motifs is 1. The topological polar surface area (TPSA) is 84.0 Å². The molecule has 0 radical (unpaired) electrons. The number of carbonyl (C=O) groups excluding carboxylic acids is 1. The molecular formula is C24H23N5O2. The van der Waals surface area contributed by atoms with E-state index in [1.165, 1.54) is 0 Å². The second-order valence-corrected chi connectivity index (χ2v) is 7.88. The third-order valence-electron chi connectivity index (χ3n) is 5.73. The molecule has 5 rings (SSSR count). The lowest BCUT2D eigenvalue weighted by Crippen LogP contribution is -2.29. The molecule has 0 aliphatic carbocycles. The predicted octanol–water partition coefficient (Wildman–Crippen LogP) is 4.19. The third-order valence-corrected chi connectivity index (χ3v) is 5.73. The molecule has 2 aromatic carbocycles. The number of rotatable bonds is 5. The number of para-hydroxylation sites is 2. The van der Waals surface area contributed by atoms with Crippen LogP contribution in [0.2, 0.25) is 0 Å². The van der Waals surface area contributed by atoms with E-state index in [9.17, 15) is 4.79 Å². The highest BCUT2D eigenvalue weighted by atomic mass is 16.5.